The monoisotopic (exact) mass is 387 g/mol. The van der Waals surface area contributed by atoms with Crippen LogP contribution in [-0.2, 0) is 20.0 Å². The van der Waals surface area contributed by atoms with E-state index in [1.54, 1.807) is 6.07 Å². The minimum Gasteiger partial charge on any atom is -0.333 e. The highest BCUT2D eigenvalue weighted by molar-refractivity contribution is 6.35. The van der Waals surface area contributed by atoms with Crippen LogP contribution < -0.4 is 5.73 Å². The summed E-state index contributed by atoms with van der Waals surface area (Å²) < 4.78 is 2.12. The molecule has 0 unspecified atom stereocenters. The molecule has 0 bridgehead atoms. The van der Waals surface area contributed by atoms with Crippen LogP contribution in [-0.4, -0.2) is 9.55 Å². The number of nitrogens with zero attached hydrogens (tertiary/aromatic N) is 2. The molecule has 2 aromatic carbocycles. The third kappa shape index (κ3) is 3.80. The highest BCUT2D eigenvalue weighted by Gasteiger charge is 2.18. The number of hydrogen-bond donors (Lipinski definition) is 1. The molecule has 0 amide bonds. The zero-order valence-electron chi connectivity index (χ0n) is 15.3. The Labute approximate surface area is 164 Å². The number of rotatable bonds is 5. The molecule has 3 rings (SSSR count). The molecule has 0 atom stereocenters. The second-order valence-corrected chi connectivity index (χ2v) is 7.64. The van der Waals surface area contributed by atoms with E-state index < -0.39 is 0 Å². The fourth-order valence-electron chi connectivity index (χ4n) is 3.31. The van der Waals surface area contributed by atoms with Crippen LogP contribution in [0.3, 0.4) is 0 Å². The minimum atomic E-state index is 0.337. The fourth-order valence-corrected chi connectivity index (χ4v) is 3.83. The first-order chi connectivity index (χ1) is 12.4. The predicted octanol–water partition coefficient (Wildman–Crippen LogP) is 5.57. The number of benzene rings is 2. The van der Waals surface area contributed by atoms with Gasteiger partial charge in [-0.1, -0.05) is 61.3 Å². The van der Waals surface area contributed by atoms with Gasteiger partial charge in [-0.05, 0) is 40.8 Å². The van der Waals surface area contributed by atoms with Crippen LogP contribution >= 0.6 is 23.2 Å². The maximum Gasteiger partial charge on any atom is 0.122 e. The number of nitrogens with two attached hydrogens (primary N) is 1. The molecule has 1 aromatic heterocycles. The quantitative estimate of drug-likeness (QED) is 0.621. The summed E-state index contributed by atoms with van der Waals surface area (Å²) in [6.07, 6.45) is 0.775. The van der Waals surface area contributed by atoms with Crippen LogP contribution in [0.4, 0.5) is 0 Å². The van der Waals surface area contributed by atoms with E-state index in [1.165, 1.54) is 11.3 Å². The SMILES string of the molecule is CC(C)c1nc(CN)n(C)c1Cc1ccccc1-c1cc(Cl)cc(Cl)c1. The molecule has 3 aromatic rings. The molecule has 1 heterocycles. The lowest BCUT2D eigenvalue weighted by atomic mass is 9.95. The average Bonchev–Trinajstić information content (AvgIpc) is 2.91. The molecule has 3 nitrogen and oxygen atoms in total. The molecule has 26 heavy (non-hydrogen) atoms. The fraction of sp³-hybridized carbons (Fsp3) is 0.286. The van der Waals surface area contributed by atoms with E-state index in [0.29, 0.717) is 22.5 Å². The van der Waals surface area contributed by atoms with Crippen LogP contribution in [0, 0.1) is 0 Å². The largest absolute Gasteiger partial charge is 0.333 e. The van der Waals surface area contributed by atoms with E-state index in [1.807, 2.05) is 25.2 Å². The van der Waals surface area contributed by atoms with Gasteiger partial charge in [0, 0.05) is 29.2 Å². The zero-order valence-corrected chi connectivity index (χ0v) is 16.8. The lowest BCUT2D eigenvalue weighted by Gasteiger charge is -2.14. The zero-order chi connectivity index (χ0) is 18.8. The van der Waals surface area contributed by atoms with E-state index in [0.717, 1.165) is 29.1 Å². The Morgan fingerprint density at radius 1 is 1.08 bits per heavy atom. The maximum absolute atomic E-state index is 6.21. The second-order valence-electron chi connectivity index (χ2n) is 6.77. The summed E-state index contributed by atoms with van der Waals surface area (Å²) in [5, 5.41) is 1.27. The van der Waals surface area contributed by atoms with Crippen LogP contribution in [0.5, 0.6) is 0 Å². The Hall–Kier alpha value is -1.81. The number of aromatic nitrogens is 2. The molecule has 0 aliphatic rings. The smallest absolute Gasteiger partial charge is 0.122 e. The van der Waals surface area contributed by atoms with Crippen molar-refractivity contribution in [1.82, 2.24) is 9.55 Å². The summed E-state index contributed by atoms with van der Waals surface area (Å²) in [4.78, 5) is 4.75. The predicted molar refractivity (Wildman–Crippen MR) is 110 cm³/mol. The number of imidazole rings is 1. The molecule has 0 aliphatic carbocycles. The Bertz CT molecular complexity index is 909. The topological polar surface area (TPSA) is 43.8 Å². The van der Waals surface area contributed by atoms with Gasteiger partial charge in [-0.25, -0.2) is 4.98 Å². The normalized spacial score (nSPS) is 11.3. The van der Waals surface area contributed by atoms with E-state index in [-0.39, 0.29) is 0 Å². The molecule has 5 heteroatoms. The van der Waals surface area contributed by atoms with Gasteiger partial charge in [-0.15, -0.1) is 0 Å². The van der Waals surface area contributed by atoms with Crippen molar-refractivity contribution in [3.63, 3.8) is 0 Å². The van der Waals surface area contributed by atoms with Crippen molar-refractivity contribution < 1.29 is 0 Å². The van der Waals surface area contributed by atoms with Crippen LogP contribution in [0.15, 0.2) is 42.5 Å². The Kier molecular flexibility index (Phi) is 5.71. The van der Waals surface area contributed by atoms with Crippen molar-refractivity contribution in [2.45, 2.75) is 32.7 Å². The molecule has 136 valence electrons. The minimum absolute atomic E-state index is 0.337. The van der Waals surface area contributed by atoms with E-state index in [2.05, 4.69) is 36.6 Å². The molecule has 2 N–H and O–H groups in total. The van der Waals surface area contributed by atoms with Gasteiger partial charge in [0.05, 0.1) is 12.2 Å². The van der Waals surface area contributed by atoms with Gasteiger partial charge >= 0.3 is 0 Å². The van der Waals surface area contributed by atoms with Crippen LogP contribution in [0.25, 0.3) is 11.1 Å². The lowest BCUT2D eigenvalue weighted by molar-refractivity contribution is 0.757. The highest BCUT2D eigenvalue weighted by atomic mass is 35.5. The van der Waals surface area contributed by atoms with Gasteiger partial charge in [0.2, 0.25) is 0 Å². The summed E-state index contributed by atoms with van der Waals surface area (Å²) in [5.41, 5.74) is 11.5. The summed E-state index contributed by atoms with van der Waals surface area (Å²) >= 11 is 12.4. The summed E-state index contributed by atoms with van der Waals surface area (Å²) in [5.74, 6) is 1.25. The van der Waals surface area contributed by atoms with Gasteiger partial charge < -0.3 is 10.3 Å². The maximum atomic E-state index is 6.21. The number of halogens is 2. The first kappa shape index (κ1) is 19.0. The van der Waals surface area contributed by atoms with Crippen LogP contribution in [0.1, 0.15) is 42.5 Å². The molecule has 0 saturated carbocycles. The first-order valence-electron chi connectivity index (χ1n) is 8.69. The van der Waals surface area contributed by atoms with Crippen molar-refractivity contribution in [2.24, 2.45) is 12.8 Å². The molecule has 0 aliphatic heterocycles. The van der Waals surface area contributed by atoms with E-state index in [4.69, 9.17) is 33.9 Å². The summed E-state index contributed by atoms with van der Waals surface area (Å²) in [7, 11) is 2.04. The van der Waals surface area contributed by atoms with Gasteiger partial charge in [0.15, 0.2) is 0 Å². The summed E-state index contributed by atoms with van der Waals surface area (Å²) in [6.45, 7) is 4.76. The lowest BCUT2D eigenvalue weighted by Crippen LogP contribution is -2.08. The molecule has 0 fully saturated rings. The third-order valence-corrected chi connectivity index (χ3v) is 5.05. The highest BCUT2D eigenvalue weighted by Crippen LogP contribution is 2.32. The average molecular weight is 388 g/mol. The van der Waals surface area contributed by atoms with E-state index >= 15 is 0 Å². The third-order valence-electron chi connectivity index (χ3n) is 4.62. The van der Waals surface area contributed by atoms with E-state index in [9.17, 15) is 0 Å². The second kappa shape index (κ2) is 7.83. The molecular weight excluding hydrogens is 365 g/mol. The van der Waals surface area contributed by atoms with Crippen LogP contribution in [0.2, 0.25) is 10.0 Å². The van der Waals surface area contributed by atoms with Gasteiger partial charge in [-0.2, -0.15) is 0 Å². The molecule has 0 spiro atoms. The Morgan fingerprint density at radius 3 is 2.35 bits per heavy atom. The number of hydrogen-bond acceptors (Lipinski definition) is 2. The van der Waals surface area contributed by atoms with Gasteiger partial charge in [0.25, 0.3) is 0 Å². The van der Waals surface area contributed by atoms with Crippen molar-refractivity contribution >= 4 is 23.2 Å². The molecule has 0 radical (unpaired) electrons. The van der Waals surface area contributed by atoms with Crippen molar-refractivity contribution in [1.29, 1.82) is 0 Å². The Balaban J connectivity index is 2.09. The molecular formula is C21H23Cl2N3. The van der Waals surface area contributed by atoms with Crippen molar-refractivity contribution in [3.8, 4) is 11.1 Å². The standard InChI is InChI=1S/C21H23Cl2N3/c1-13(2)21-19(26(3)20(12-24)25-21)10-14-6-4-5-7-18(14)15-8-16(22)11-17(23)9-15/h4-9,11,13H,10,12,24H2,1-3H3. The Morgan fingerprint density at radius 2 is 1.73 bits per heavy atom. The van der Waals surface area contributed by atoms with Gasteiger partial charge in [-0.3, -0.25) is 0 Å². The van der Waals surface area contributed by atoms with Crippen molar-refractivity contribution in [3.05, 3.63) is 75.3 Å². The van der Waals surface area contributed by atoms with Gasteiger partial charge in [0.1, 0.15) is 5.82 Å². The summed E-state index contributed by atoms with van der Waals surface area (Å²) in [6, 6.07) is 14.0. The first-order valence-corrected chi connectivity index (χ1v) is 9.45. The molecule has 0 saturated heterocycles. The van der Waals surface area contributed by atoms with Crippen molar-refractivity contribution in [2.75, 3.05) is 0 Å².